The van der Waals surface area contributed by atoms with E-state index < -0.39 is 55.1 Å². The smallest absolute Gasteiger partial charge is 0.326 e. The Labute approximate surface area is 234 Å². The third-order valence-electron chi connectivity index (χ3n) is 5.49. The van der Waals surface area contributed by atoms with Crippen molar-refractivity contribution in [2.24, 2.45) is 0 Å². The third-order valence-corrected chi connectivity index (χ3v) is 5.49. The van der Waals surface area contributed by atoms with Gasteiger partial charge in [-0.05, 0) is 25.8 Å². The van der Waals surface area contributed by atoms with Gasteiger partial charge in [-0.1, -0.05) is 5.21 Å². The summed E-state index contributed by atoms with van der Waals surface area (Å²) in [5.74, 6) is -5.11. The van der Waals surface area contributed by atoms with Crippen LogP contribution in [0.5, 0.6) is 0 Å². The summed E-state index contributed by atoms with van der Waals surface area (Å²) < 4.78 is 23.8. The van der Waals surface area contributed by atoms with Gasteiger partial charge in [0.1, 0.15) is 18.8 Å². The molecule has 0 radical (unpaired) electrons. The van der Waals surface area contributed by atoms with Gasteiger partial charge in [-0.2, -0.15) is 0 Å². The van der Waals surface area contributed by atoms with Gasteiger partial charge in [0.25, 0.3) is 0 Å². The van der Waals surface area contributed by atoms with Gasteiger partial charge in [-0.15, -0.1) is 5.10 Å². The summed E-state index contributed by atoms with van der Waals surface area (Å²) in [5.41, 5.74) is 0.537. The number of hydrogen-bond donors (Lipinski definition) is 6. The predicted octanol–water partition coefficient (Wildman–Crippen LogP) is -0.592. The van der Waals surface area contributed by atoms with Gasteiger partial charge in [-0.3, -0.25) is 14.5 Å². The summed E-state index contributed by atoms with van der Waals surface area (Å²) in [5, 5.41) is 48.7. The Morgan fingerprint density at radius 2 is 1.49 bits per heavy atom. The number of amides is 2. The highest BCUT2D eigenvalue weighted by Gasteiger charge is 2.25. The number of hydrogen-bond acceptors (Lipinski definition) is 10. The number of carboxylic acids is 4. The lowest BCUT2D eigenvalue weighted by atomic mass is 10.1. The van der Waals surface area contributed by atoms with E-state index in [2.05, 4.69) is 20.9 Å². The SMILES string of the molecule is O=C(O)CC[C@H](NC(=O)N[C@@H](CCCN(CCC(=O)O)Cc1cn(CCOCCOCCF)nn1)C(=O)O)C(=O)O. The van der Waals surface area contributed by atoms with Crippen LogP contribution in [-0.2, 0) is 41.7 Å². The molecule has 0 aromatic carbocycles. The average Bonchev–Trinajstić information content (AvgIpc) is 3.35. The van der Waals surface area contributed by atoms with Gasteiger partial charge < -0.3 is 40.5 Å². The lowest BCUT2D eigenvalue weighted by Gasteiger charge is -2.22. The molecular formula is C23H37FN6O11. The Hall–Kier alpha value is -3.90. The second-order valence-corrected chi connectivity index (χ2v) is 8.78. The number of carbonyl (C=O) groups is 5. The molecular weight excluding hydrogens is 555 g/mol. The number of nitrogens with one attached hydrogen (secondary N) is 2. The minimum absolute atomic E-state index is 0.0143. The second kappa shape index (κ2) is 20.0. The summed E-state index contributed by atoms with van der Waals surface area (Å²) in [6.07, 6.45) is 0.755. The van der Waals surface area contributed by atoms with Gasteiger partial charge in [0.05, 0.1) is 45.1 Å². The number of carboxylic acid groups (broad SMARTS) is 4. The molecule has 6 N–H and O–H groups in total. The molecule has 0 saturated heterocycles. The zero-order valence-corrected chi connectivity index (χ0v) is 22.4. The van der Waals surface area contributed by atoms with E-state index in [4.69, 9.17) is 24.8 Å². The van der Waals surface area contributed by atoms with Gasteiger partial charge in [0.2, 0.25) is 0 Å². The molecule has 0 aliphatic heterocycles. The maximum atomic E-state index is 12.2. The van der Waals surface area contributed by atoms with E-state index in [1.165, 1.54) is 4.68 Å². The van der Waals surface area contributed by atoms with E-state index >= 15 is 0 Å². The number of aliphatic carboxylic acids is 4. The number of carbonyl (C=O) groups excluding carboxylic acids is 1. The standard InChI is InChI=1S/C23H37FN6O11/c24-6-10-40-12-13-41-11-9-30-15-16(27-28-30)14-29(8-5-20(33)34)7-1-2-17(21(35)36)25-23(39)26-18(22(37)38)3-4-19(31)32/h15,17-18H,1-14H2,(H,31,32)(H,33,34)(H,35,36)(H,37,38)(H2,25,26,39)/t17-,18-/m0/s1. The van der Waals surface area contributed by atoms with Crippen LogP contribution in [-0.4, -0.2) is 129 Å². The van der Waals surface area contributed by atoms with Crippen molar-refractivity contribution < 1.29 is 58.3 Å². The molecule has 1 aromatic rings. The van der Waals surface area contributed by atoms with E-state index in [9.17, 15) is 33.5 Å². The van der Waals surface area contributed by atoms with Crippen molar-refractivity contribution in [3.05, 3.63) is 11.9 Å². The number of alkyl halides is 1. The summed E-state index contributed by atoms with van der Waals surface area (Å²) in [6.45, 7) is 1.33. The van der Waals surface area contributed by atoms with Gasteiger partial charge in [0, 0.05) is 25.7 Å². The quantitative estimate of drug-likeness (QED) is 0.0822. The van der Waals surface area contributed by atoms with Crippen LogP contribution < -0.4 is 10.6 Å². The summed E-state index contributed by atoms with van der Waals surface area (Å²) in [6, 6.07) is -3.98. The van der Waals surface area contributed by atoms with Crippen LogP contribution in [0.15, 0.2) is 6.20 Å². The molecule has 2 amide bonds. The molecule has 1 aromatic heterocycles. The molecule has 0 spiro atoms. The highest BCUT2D eigenvalue weighted by Crippen LogP contribution is 2.07. The molecule has 0 unspecified atom stereocenters. The summed E-state index contributed by atoms with van der Waals surface area (Å²) >= 11 is 0. The van der Waals surface area contributed by atoms with Crippen molar-refractivity contribution in [1.29, 1.82) is 0 Å². The van der Waals surface area contributed by atoms with Crippen molar-refractivity contribution in [1.82, 2.24) is 30.5 Å². The van der Waals surface area contributed by atoms with Gasteiger partial charge >= 0.3 is 29.9 Å². The van der Waals surface area contributed by atoms with Crippen molar-refractivity contribution >= 4 is 29.9 Å². The Morgan fingerprint density at radius 3 is 2.07 bits per heavy atom. The zero-order valence-electron chi connectivity index (χ0n) is 22.4. The third kappa shape index (κ3) is 16.7. The molecule has 0 aliphatic carbocycles. The first-order chi connectivity index (χ1) is 19.5. The fourth-order valence-electron chi connectivity index (χ4n) is 3.47. The maximum absolute atomic E-state index is 12.2. The Kier molecular flexibility index (Phi) is 17.2. The fourth-order valence-corrected chi connectivity index (χ4v) is 3.47. The molecule has 18 heteroatoms. The number of nitrogens with zero attached hydrogens (tertiary/aromatic N) is 4. The lowest BCUT2D eigenvalue weighted by molar-refractivity contribution is -0.141. The van der Waals surface area contributed by atoms with E-state index in [1.807, 2.05) is 0 Å². The van der Waals surface area contributed by atoms with Crippen LogP contribution in [0.25, 0.3) is 0 Å². The molecule has 0 saturated carbocycles. The van der Waals surface area contributed by atoms with E-state index in [-0.39, 0.29) is 58.5 Å². The van der Waals surface area contributed by atoms with Gasteiger partial charge in [-0.25, -0.2) is 23.5 Å². The molecule has 1 heterocycles. The normalized spacial score (nSPS) is 12.5. The van der Waals surface area contributed by atoms with Crippen LogP contribution in [0.4, 0.5) is 9.18 Å². The Balaban J connectivity index is 2.60. The van der Waals surface area contributed by atoms with Crippen molar-refractivity contribution in [3.63, 3.8) is 0 Å². The molecule has 0 aliphatic rings. The van der Waals surface area contributed by atoms with Gasteiger partial charge in [0.15, 0.2) is 0 Å². The average molecular weight is 593 g/mol. The molecule has 2 atom stereocenters. The second-order valence-electron chi connectivity index (χ2n) is 8.78. The maximum Gasteiger partial charge on any atom is 0.326 e. The molecule has 232 valence electrons. The number of halogens is 1. The molecule has 41 heavy (non-hydrogen) atoms. The number of aromatic nitrogens is 3. The van der Waals surface area contributed by atoms with Crippen LogP contribution in [0, 0.1) is 0 Å². The van der Waals surface area contributed by atoms with Crippen molar-refractivity contribution in [3.8, 4) is 0 Å². The summed E-state index contributed by atoms with van der Waals surface area (Å²) in [7, 11) is 0. The minimum Gasteiger partial charge on any atom is -0.481 e. The number of ether oxygens (including phenoxy) is 2. The predicted molar refractivity (Wildman–Crippen MR) is 136 cm³/mol. The van der Waals surface area contributed by atoms with Crippen LogP contribution in [0.2, 0.25) is 0 Å². The van der Waals surface area contributed by atoms with E-state index in [1.54, 1.807) is 11.1 Å². The molecule has 0 fully saturated rings. The van der Waals surface area contributed by atoms with Crippen molar-refractivity contribution in [2.75, 3.05) is 46.2 Å². The largest absolute Gasteiger partial charge is 0.481 e. The number of urea groups is 1. The highest BCUT2D eigenvalue weighted by molar-refractivity contribution is 5.86. The molecule has 0 bridgehead atoms. The topological polar surface area (TPSA) is 243 Å². The molecule has 17 nitrogen and oxygen atoms in total. The molecule has 1 rings (SSSR count). The lowest BCUT2D eigenvalue weighted by Crippen LogP contribution is -2.51. The fraction of sp³-hybridized carbons (Fsp3) is 0.696. The Bertz CT molecular complexity index is 980. The van der Waals surface area contributed by atoms with Crippen molar-refractivity contribution in [2.45, 2.75) is 57.3 Å². The minimum atomic E-state index is -1.52. The Morgan fingerprint density at radius 1 is 0.878 bits per heavy atom. The highest BCUT2D eigenvalue weighted by atomic mass is 19.1. The first-order valence-electron chi connectivity index (χ1n) is 12.8. The van der Waals surface area contributed by atoms with Crippen LogP contribution in [0.1, 0.15) is 37.8 Å². The summed E-state index contributed by atoms with van der Waals surface area (Å²) in [4.78, 5) is 58.6. The first kappa shape index (κ1) is 35.1. The van der Waals surface area contributed by atoms with Crippen LogP contribution in [0.3, 0.4) is 0 Å². The number of rotatable bonds is 24. The monoisotopic (exact) mass is 592 g/mol. The van der Waals surface area contributed by atoms with E-state index in [0.29, 0.717) is 25.5 Å². The zero-order chi connectivity index (χ0) is 30.6. The first-order valence-corrected chi connectivity index (χ1v) is 12.8. The van der Waals surface area contributed by atoms with E-state index in [0.717, 1.165) is 0 Å². The van der Waals surface area contributed by atoms with Crippen LogP contribution >= 0.6 is 0 Å².